The normalized spacial score (nSPS) is 14.5. The van der Waals surface area contributed by atoms with Gasteiger partial charge < -0.3 is 15.1 Å². The van der Waals surface area contributed by atoms with Crippen LogP contribution in [0.1, 0.15) is 28.8 Å². The van der Waals surface area contributed by atoms with Gasteiger partial charge in [-0.15, -0.1) is 0 Å². The number of amides is 3. The van der Waals surface area contributed by atoms with E-state index < -0.39 is 0 Å². The number of nitrogens with one attached hydrogen (secondary N) is 1. The van der Waals surface area contributed by atoms with E-state index in [1.54, 1.807) is 29.0 Å². The average molecular weight is 317 g/mol. The molecule has 3 amide bonds. The highest BCUT2D eigenvalue weighted by Crippen LogP contribution is 2.10. The minimum Gasteiger partial charge on any atom is -0.341 e. The van der Waals surface area contributed by atoms with E-state index in [1.807, 2.05) is 19.1 Å². The number of urea groups is 1. The fourth-order valence-electron chi connectivity index (χ4n) is 2.58. The van der Waals surface area contributed by atoms with Crippen molar-refractivity contribution < 1.29 is 14.4 Å². The van der Waals surface area contributed by atoms with Gasteiger partial charge in [-0.3, -0.25) is 9.59 Å². The molecule has 0 aliphatic carbocycles. The van der Waals surface area contributed by atoms with E-state index in [0.29, 0.717) is 31.7 Å². The Bertz CT molecular complexity index is 575. The SMILES string of the molecule is CNC(=O)N1CCN(C(=O)CCC(=O)c2ccc(C)cc2)CC1. The molecule has 0 aromatic heterocycles. The van der Waals surface area contributed by atoms with Crippen LogP contribution in [0.4, 0.5) is 4.79 Å². The average Bonchev–Trinajstić information content (AvgIpc) is 2.59. The van der Waals surface area contributed by atoms with Crippen molar-refractivity contribution in [3.05, 3.63) is 35.4 Å². The van der Waals surface area contributed by atoms with Crippen LogP contribution >= 0.6 is 0 Å². The number of nitrogens with zero attached hydrogens (tertiary/aromatic N) is 2. The molecule has 1 aliphatic rings. The van der Waals surface area contributed by atoms with Gasteiger partial charge in [-0.2, -0.15) is 0 Å². The number of carbonyl (C=O) groups excluding carboxylic acids is 3. The van der Waals surface area contributed by atoms with Crippen molar-refractivity contribution >= 4 is 17.7 Å². The summed E-state index contributed by atoms with van der Waals surface area (Å²) in [5.74, 6) is -0.0376. The molecule has 1 heterocycles. The van der Waals surface area contributed by atoms with Crippen molar-refractivity contribution in [2.75, 3.05) is 33.2 Å². The number of rotatable bonds is 4. The molecule has 2 rings (SSSR count). The van der Waals surface area contributed by atoms with Crippen LogP contribution in [0.3, 0.4) is 0 Å². The summed E-state index contributed by atoms with van der Waals surface area (Å²) >= 11 is 0. The number of hydrogen-bond donors (Lipinski definition) is 1. The van der Waals surface area contributed by atoms with Crippen LogP contribution in [0.15, 0.2) is 24.3 Å². The van der Waals surface area contributed by atoms with Gasteiger partial charge in [0.15, 0.2) is 5.78 Å². The van der Waals surface area contributed by atoms with Gasteiger partial charge >= 0.3 is 6.03 Å². The van der Waals surface area contributed by atoms with E-state index in [-0.39, 0.29) is 30.6 Å². The lowest BCUT2D eigenvalue weighted by atomic mass is 10.0. The fourth-order valence-corrected chi connectivity index (χ4v) is 2.58. The first-order chi connectivity index (χ1) is 11.0. The highest BCUT2D eigenvalue weighted by molar-refractivity contribution is 5.98. The largest absolute Gasteiger partial charge is 0.341 e. The van der Waals surface area contributed by atoms with Gasteiger partial charge in [-0.05, 0) is 6.92 Å². The topological polar surface area (TPSA) is 69.7 Å². The van der Waals surface area contributed by atoms with Gasteiger partial charge in [-0.25, -0.2) is 4.79 Å². The van der Waals surface area contributed by atoms with Crippen LogP contribution in [0.2, 0.25) is 0 Å². The summed E-state index contributed by atoms with van der Waals surface area (Å²) in [5.41, 5.74) is 1.75. The number of benzene rings is 1. The predicted octanol–water partition coefficient (Wildman–Crippen LogP) is 1.44. The summed E-state index contributed by atoms with van der Waals surface area (Å²) in [6, 6.07) is 7.26. The number of carbonyl (C=O) groups is 3. The molecule has 0 saturated carbocycles. The van der Waals surface area contributed by atoms with Gasteiger partial charge in [0.1, 0.15) is 0 Å². The van der Waals surface area contributed by atoms with E-state index in [1.165, 1.54) is 0 Å². The molecule has 1 aliphatic heterocycles. The third-order valence-electron chi connectivity index (χ3n) is 4.07. The van der Waals surface area contributed by atoms with E-state index in [4.69, 9.17) is 0 Å². The lowest BCUT2D eigenvalue weighted by Gasteiger charge is -2.34. The predicted molar refractivity (Wildman–Crippen MR) is 87.4 cm³/mol. The minimum atomic E-state index is -0.119. The van der Waals surface area contributed by atoms with Crippen molar-refractivity contribution in [2.45, 2.75) is 19.8 Å². The monoisotopic (exact) mass is 317 g/mol. The quantitative estimate of drug-likeness (QED) is 0.854. The maximum absolute atomic E-state index is 12.2. The zero-order valence-corrected chi connectivity index (χ0v) is 13.7. The standard InChI is InChI=1S/C17H23N3O3/c1-13-3-5-14(6-4-13)15(21)7-8-16(22)19-9-11-20(12-10-19)17(23)18-2/h3-6H,7-12H2,1-2H3,(H,18,23). The van der Waals surface area contributed by atoms with Crippen molar-refractivity contribution in [3.8, 4) is 0 Å². The molecular formula is C17H23N3O3. The number of ketones is 1. The zero-order chi connectivity index (χ0) is 16.8. The first-order valence-electron chi connectivity index (χ1n) is 7.85. The Labute approximate surface area is 136 Å². The van der Waals surface area contributed by atoms with Gasteiger partial charge in [0, 0.05) is 51.6 Å². The van der Waals surface area contributed by atoms with Crippen molar-refractivity contribution in [2.24, 2.45) is 0 Å². The Hall–Kier alpha value is -2.37. The number of aryl methyl sites for hydroxylation is 1. The van der Waals surface area contributed by atoms with Gasteiger partial charge in [0.25, 0.3) is 0 Å². The highest BCUT2D eigenvalue weighted by atomic mass is 16.2. The zero-order valence-electron chi connectivity index (χ0n) is 13.7. The van der Waals surface area contributed by atoms with Crippen molar-refractivity contribution in [3.63, 3.8) is 0 Å². The molecule has 0 spiro atoms. The second kappa shape index (κ2) is 7.76. The summed E-state index contributed by atoms with van der Waals surface area (Å²) in [7, 11) is 1.59. The number of Topliss-reactive ketones (excluding diaryl/α,β-unsaturated/α-hetero) is 1. The summed E-state index contributed by atoms with van der Waals surface area (Å²) in [5, 5.41) is 2.58. The molecule has 0 bridgehead atoms. The molecule has 6 heteroatoms. The van der Waals surface area contributed by atoms with E-state index in [0.717, 1.165) is 5.56 Å². The lowest BCUT2D eigenvalue weighted by molar-refractivity contribution is -0.132. The molecule has 1 aromatic carbocycles. The second-order valence-electron chi connectivity index (χ2n) is 5.71. The van der Waals surface area contributed by atoms with Crippen molar-refractivity contribution in [1.29, 1.82) is 0 Å². The molecule has 0 radical (unpaired) electrons. The van der Waals surface area contributed by atoms with Gasteiger partial charge in [0.05, 0.1) is 0 Å². The Balaban J connectivity index is 1.78. The molecule has 0 atom stereocenters. The molecule has 1 saturated heterocycles. The molecule has 124 valence electrons. The highest BCUT2D eigenvalue weighted by Gasteiger charge is 2.23. The summed E-state index contributed by atoms with van der Waals surface area (Å²) in [6.45, 7) is 4.06. The number of hydrogen-bond acceptors (Lipinski definition) is 3. The van der Waals surface area contributed by atoms with Crippen LogP contribution < -0.4 is 5.32 Å². The molecule has 23 heavy (non-hydrogen) atoms. The smallest absolute Gasteiger partial charge is 0.317 e. The third kappa shape index (κ3) is 4.55. The first-order valence-corrected chi connectivity index (χ1v) is 7.85. The molecule has 1 fully saturated rings. The van der Waals surface area contributed by atoms with Crippen LogP contribution in [0.25, 0.3) is 0 Å². The molecule has 6 nitrogen and oxygen atoms in total. The summed E-state index contributed by atoms with van der Waals surface area (Å²) < 4.78 is 0. The van der Waals surface area contributed by atoms with Crippen LogP contribution in [0.5, 0.6) is 0 Å². The van der Waals surface area contributed by atoms with Crippen LogP contribution in [0, 0.1) is 6.92 Å². The Morgan fingerprint density at radius 3 is 2.09 bits per heavy atom. The molecule has 1 N–H and O–H groups in total. The third-order valence-corrected chi connectivity index (χ3v) is 4.07. The minimum absolute atomic E-state index is 0.0117. The van der Waals surface area contributed by atoms with E-state index >= 15 is 0 Å². The van der Waals surface area contributed by atoms with Gasteiger partial charge in [-0.1, -0.05) is 29.8 Å². The second-order valence-corrected chi connectivity index (χ2v) is 5.71. The lowest BCUT2D eigenvalue weighted by Crippen LogP contribution is -2.52. The Morgan fingerprint density at radius 2 is 1.52 bits per heavy atom. The van der Waals surface area contributed by atoms with Crippen LogP contribution in [-0.2, 0) is 4.79 Å². The van der Waals surface area contributed by atoms with Gasteiger partial charge in [0.2, 0.25) is 5.91 Å². The maximum Gasteiger partial charge on any atom is 0.317 e. The van der Waals surface area contributed by atoms with Crippen LogP contribution in [-0.4, -0.2) is 60.7 Å². The molecule has 0 unspecified atom stereocenters. The van der Waals surface area contributed by atoms with E-state index in [9.17, 15) is 14.4 Å². The maximum atomic E-state index is 12.2. The Kier molecular flexibility index (Phi) is 5.73. The summed E-state index contributed by atoms with van der Waals surface area (Å²) in [4.78, 5) is 39.2. The fraction of sp³-hybridized carbons (Fsp3) is 0.471. The molecular weight excluding hydrogens is 294 g/mol. The number of piperazine rings is 1. The first kappa shape index (κ1) is 17.0. The van der Waals surface area contributed by atoms with Crippen molar-refractivity contribution in [1.82, 2.24) is 15.1 Å². The summed E-state index contributed by atoms with van der Waals surface area (Å²) in [6.07, 6.45) is 0.435. The van der Waals surface area contributed by atoms with E-state index in [2.05, 4.69) is 5.32 Å². The molecule has 1 aromatic rings. The Morgan fingerprint density at radius 1 is 0.957 bits per heavy atom.